The highest BCUT2D eigenvalue weighted by atomic mass is 19.1. The third-order valence-electron chi connectivity index (χ3n) is 1.77. The predicted octanol–water partition coefficient (Wildman–Crippen LogP) is 2.24. The fraction of sp³-hybridized carbons (Fsp3) is 0.500. The lowest BCUT2D eigenvalue weighted by atomic mass is 9.94. The van der Waals surface area contributed by atoms with Crippen LogP contribution in [0.25, 0.3) is 0 Å². The van der Waals surface area contributed by atoms with E-state index in [1.54, 1.807) is 12.3 Å². The van der Waals surface area contributed by atoms with Crippen LogP contribution in [0, 0.1) is 5.41 Å². The van der Waals surface area contributed by atoms with Gasteiger partial charge in [-0.15, -0.1) is 0 Å². The summed E-state index contributed by atoms with van der Waals surface area (Å²) in [5.74, 6) is -0.341. The van der Waals surface area contributed by atoms with Crippen LogP contribution < -0.4 is 0 Å². The monoisotopic (exact) mass is 183 g/mol. The SMILES string of the molecule is CC(C)(C)C(=O)N1C=CC=C(F)C1. The van der Waals surface area contributed by atoms with Gasteiger partial charge in [0, 0.05) is 11.6 Å². The summed E-state index contributed by atoms with van der Waals surface area (Å²) in [5, 5.41) is 0. The molecule has 0 spiro atoms. The number of allylic oxidation sites excluding steroid dienone is 2. The van der Waals surface area contributed by atoms with E-state index in [0.29, 0.717) is 0 Å². The summed E-state index contributed by atoms with van der Waals surface area (Å²) >= 11 is 0. The van der Waals surface area contributed by atoms with E-state index in [9.17, 15) is 9.18 Å². The maximum absolute atomic E-state index is 12.8. The fourth-order valence-electron chi connectivity index (χ4n) is 1.09. The first-order valence-electron chi connectivity index (χ1n) is 4.25. The molecule has 72 valence electrons. The van der Waals surface area contributed by atoms with E-state index in [1.807, 2.05) is 20.8 Å². The van der Waals surface area contributed by atoms with Crippen molar-refractivity contribution in [1.82, 2.24) is 4.90 Å². The minimum absolute atomic E-state index is 0.0621. The number of hydrogen-bond acceptors (Lipinski definition) is 1. The second-order valence-electron chi connectivity index (χ2n) is 4.14. The van der Waals surface area contributed by atoms with Crippen molar-refractivity contribution in [2.75, 3.05) is 6.54 Å². The number of halogens is 1. The van der Waals surface area contributed by atoms with Crippen LogP contribution in [-0.4, -0.2) is 17.4 Å². The summed E-state index contributed by atoms with van der Waals surface area (Å²) in [4.78, 5) is 13.0. The highest BCUT2D eigenvalue weighted by Crippen LogP contribution is 2.20. The third-order valence-corrected chi connectivity index (χ3v) is 1.77. The van der Waals surface area contributed by atoms with Gasteiger partial charge < -0.3 is 4.90 Å². The molecule has 0 bridgehead atoms. The van der Waals surface area contributed by atoms with Crippen LogP contribution >= 0.6 is 0 Å². The van der Waals surface area contributed by atoms with Crippen molar-refractivity contribution < 1.29 is 9.18 Å². The van der Waals surface area contributed by atoms with Gasteiger partial charge in [-0.1, -0.05) is 20.8 Å². The van der Waals surface area contributed by atoms with Crippen LogP contribution in [-0.2, 0) is 4.79 Å². The van der Waals surface area contributed by atoms with Crippen molar-refractivity contribution in [3.63, 3.8) is 0 Å². The Hall–Kier alpha value is -1.12. The van der Waals surface area contributed by atoms with Gasteiger partial charge in [-0.3, -0.25) is 4.79 Å². The molecular weight excluding hydrogens is 169 g/mol. The number of hydrogen-bond donors (Lipinski definition) is 0. The normalized spacial score (nSPS) is 17.2. The zero-order chi connectivity index (χ0) is 10.1. The summed E-state index contributed by atoms with van der Waals surface area (Å²) < 4.78 is 12.8. The molecule has 13 heavy (non-hydrogen) atoms. The molecule has 2 nitrogen and oxygen atoms in total. The van der Waals surface area contributed by atoms with E-state index >= 15 is 0 Å². The molecule has 0 N–H and O–H groups in total. The van der Waals surface area contributed by atoms with Gasteiger partial charge in [0.2, 0.25) is 5.91 Å². The Morgan fingerprint density at radius 2 is 2.15 bits per heavy atom. The second kappa shape index (κ2) is 3.32. The molecule has 0 aromatic carbocycles. The van der Waals surface area contributed by atoms with Crippen LogP contribution in [0.4, 0.5) is 4.39 Å². The van der Waals surface area contributed by atoms with Crippen molar-refractivity contribution in [3.8, 4) is 0 Å². The molecular formula is C10H14FNO. The number of rotatable bonds is 0. The quantitative estimate of drug-likeness (QED) is 0.564. The fourth-order valence-corrected chi connectivity index (χ4v) is 1.09. The predicted molar refractivity (Wildman–Crippen MR) is 49.5 cm³/mol. The van der Waals surface area contributed by atoms with Crippen LogP contribution in [0.2, 0.25) is 0 Å². The Bertz CT molecular complexity index is 273. The molecule has 1 rings (SSSR count). The first kappa shape index (κ1) is 9.96. The van der Waals surface area contributed by atoms with Gasteiger partial charge in [0.25, 0.3) is 0 Å². The molecule has 0 fully saturated rings. The highest BCUT2D eigenvalue weighted by Gasteiger charge is 2.27. The number of carbonyl (C=O) groups excluding carboxylic acids is 1. The van der Waals surface area contributed by atoms with Gasteiger partial charge in [0.15, 0.2) is 0 Å². The molecule has 0 aromatic heterocycles. The molecule has 0 aliphatic carbocycles. The molecule has 0 aromatic rings. The Balaban J connectivity index is 2.72. The molecule has 1 aliphatic rings. The van der Waals surface area contributed by atoms with Crippen LogP contribution in [0.3, 0.4) is 0 Å². The van der Waals surface area contributed by atoms with Crippen molar-refractivity contribution in [2.24, 2.45) is 5.41 Å². The third kappa shape index (κ3) is 2.41. The van der Waals surface area contributed by atoms with E-state index in [1.165, 1.54) is 11.0 Å². The Kier molecular flexibility index (Phi) is 2.55. The molecule has 1 amide bonds. The lowest BCUT2D eigenvalue weighted by molar-refractivity contribution is -0.136. The minimum atomic E-state index is -0.456. The van der Waals surface area contributed by atoms with E-state index < -0.39 is 5.41 Å². The van der Waals surface area contributed by atoms with Crippen LogP contribution in [0.15, 0.2) is 24.2 Å². The van der Waals surface area contributed by atoms with Gasteiger partial charge >= 0.3 is 0 Å². The van der Waals surface area contributed by atoms with E-state index in [4.69, 9.17) is 0 Å². The molecule has 0 saturated carbocycles. The lowest BCUT2D eigenvalue weighted by Crippen LogP contribution is -2.37. The highest BCUT2D eigenvalue weighted by molar-refractivity contribution is 5.82. The molecule has 0 saturated heterocycles. The minimum Gasteiger partial charge on any atom is -0.312 e. The van der Waals surface area contributed by atoms with E-state index in [-0.39, 0.29) is 18.3 Å². The molecule has 0 radical (unpaired) electrons. The Labute approximate surface area is 77.7 Å². The summed E-state index contributed by atoms with van der Waals surface area (Å²) in [6.07, 6.45) is 4.52. The zero-order valence-corrected chi connectivity index (χ0v) is 8.17. The Morgan fingerprint density at radius 1 is 1.54 bits per heavy atom. The lowest BCUT2D eigenvalue weighted by Gasteiger charge is -2.27. The summed E-state index contributed by atoms with van der Waals surface area (Å²) in [6.45, 7) is 5.52. The number of nitrogens with zero attached hydrogens (tertiary/aromatic N) is 1. The maximum atomic E-state index is 12.8. The van der Waals surface area contributed by atoms with E-state index in [2.05, 4.69) is 0 Å². The van der Waals surface area contributed by atoms with E-state index in [0.717, 1.165) is 0 Å². The van der Waals surface area contributed by atoms with Crippen LogP contribution in [0.1, 0.15) is 20.8 Å². The van der Waals surface area contributed by atoms with Gasteiger partial charge in [0.1, 0.15) is 5.83 Å². The van der Waals surface area contributed by atoms with Gasteiger partial charge in [-0.2, -0.15) is 0 Å². The first-order valence-corrected chi connectivity index (χ1v) is 4.25. The topological polar surface area (TPSA) is 20.3 Å². The second-order valence-corrected chi connectivity index (χ2v) is 4.14. The average molecular weight is 183 g/mol. The molecule has 0 unspecified atom stereocenters. The summed E-state index contributed by atoms with van der Waals surface area (Å²) in [7, 11) is 0. The summed E-state index contributed by atoms with van der Waals surface area (Å²) in [5.41, 5.74) is -0.456. The maximum Gasteiger partial charge on any atom is 0.232 e. The van der Waals surface area contributed by atoms with Crippen molar-refractivity contribution in [2.45, 2.75) is 20.8 Å². The molecule has 0 atom stereocenters. The van der Waals surface area contributed by atoms with Gasteiger partial charge in [-0.25, -0.2) is 4.39 Å². The van der Waals surface area contributed by atoms with Crippen molar-refractivity contribution in [3.05, 3.63) is 24.2 Å². The first-order chi connectivity index (χ1) is 5.91. The van der Waals surface area contributed by atoms with Crippen LogP contribution in [0.5, 0.6) is 0 Å². The average Bonchev–Trinajstić information content (AvgIpc) is 2.01. The standard InChI is InChI=1S/C10H14FNO/c1-10(2,3)9(13)12-6-4-5-8(11)7-12/h4-6H,7H2,1-3H3. The molecule has 1 heterocycles. The van der Waals surface area contributed by atoms with Crippen molar-refractivity contribution >= 4 is 5.91 Å². The zero-order valence-electron chi connectivity index (χ0n) is 8.17. The number of amides is 1. The van der Waals surface area contributed by atoms with Gasteiger partial charge in [0.05, 0.1) is 6.54 Å². The molecule has 1 aliphatic heterocycles. The summed E-state index contributed by atoms with van der Waals surface area (Å²) in [6, 6.07) is 0. The smallest absolute Gasteiger partial charge is 0.232 e. The van der Waals surface area contributed by atoms with Crippen molar-refractivity contribution in [1.29, 1.82) is 0 Å². The molecule has 3 heteroatoms. The largest absolute Gasteiger partial charge is 0.312 e. The number of carbonyl (C=O) groups is 1. The Morgan fingerprint density at radius 3 is 2.62 bits per heavy atom. The van der Waals surface area contributed by atoms with Gasteiger partial charge in [-0.05, 0) is 12.2 Å².